The molecule has 1 aliphatic carbocycles. The van der Waals surface area contributed by atoms with Crippen molar-refractivity contribution < 1.29 is 4.74 Å². The Labute approximate surface area is 136 Å². The highest BCUT2D eigenvalue weighted by molar-refractivity contribution is 14.1. The smallest absolute Gasteiger partial charge is 0.0835 e. The summed E-state index contributed by atoms with van der Waals surface area (Å²) < 4.78 is 7.42. The average molecular weight is 387 g/mol. The standard InChI is InChI=1S/C17H26INO/c1-3-20-17(10-8-13(2)9-11-17)16(19)12-14-4-6-15(18)7-5-14/h4-7,13,16H,3,8-12,19H2,1-2H3. The van der Waals surface area contributed by atoms with E-state index in [1.807, 2.05) is 0 Å². The molecule has 0 spiro atoms. The first-order chi connectivity index (χ1) is 9.55. The fourth-order valence-electron chi connectivity index (χ4n) is 3.22. The highest BCUT2D eigenvalue weighted by Gasteiger charge is 2.40. The average Bonchev–Trinajstić information content (AvgIpc) is 2.44. The summed E-state index contributed by atoms with van der Waals surface area (Å²) in [5, 5.41) is 0. The number of hydrogen-bond acceptors (Lipinski definition) is 2. The van der Waals surface area contributed by atoms with E-state index in [1.54, 1.807) is 0 Å². The molecule has 2 N–H and O–H groups in total. The van der Waals surface area contributed by atoms with Gasteiger partial charge in [-0.3, -0.25) is 0 Å². The van der Waals surface area contributed by atoms with Gasteiger partial charge in [0.15, 0.2) is 0 Å². The Kier molecular flexibility index (Phi) is 5.87. The van der Waals surface area contributed by atoms with E-state index in [1.165, 1.54) is 22.0 Å². The van der Waals surface area contributed by atoms with Gasteiger partial charge >= 0.3 is 0 Å². The fraction of sp³-hybridized carbons (Fsp3) is 0.647. The molecule has 1 aliphatic rings. The summed E-state index contributed by atoms with van der Waals surface area (Å²) in [6.45, 7) is 5.17. The molecular weight excluding hydrogens is 361 g/mol. The van der Waals surface area contributed by atoms with Crippen molar-refractivity contribution in [3.05, 3.63) is 33.4 Å². The third-order valence-corrected chi connectivity index (χ3v) is 5.32. The number of hydrogen-bond donors (Lipinski definition) is 1. The Hall–Kier alpha value is -0.130. The van der Waals surface area contributed by atoms with Crippen molar-refractivity contribution in [2.45, 2.75) is 57.6 Å². The second-order valence-corrected chi connectivity index (χ2v) is 7.36. The Bertz CT molecular complexity index is 410. The van der Waals surface area contributed by atoms with Crippen molar-refractivity contribution in [2.75, 3.05) is 6.61 Å². The summed E-state index contributed by atoms with van der Waals surface area (Å²) >= 11 is 2.34. The van der Waals surface area contributed by atoms with Gasteiger partial charge in [-0.25, -0.2) is 0 Å². The molecule has 0 bridgehead atoms. The summed E-state index contributed by atoms with van der Waals surface area (Å²) in [4.78, 5) is 0. The zero-order chi connectivity index (χ0) is 14.6. The predicted octanol–water partition coefficient (Wildman–Crippen LogP) is 4.15. The lowest BCUT2D eigenvalue weighted by molar-refractivity contribution is -0.0883. The molecule has 0 radical (unpaired) electrons. The van der Waals surface area contributed by atoms with Crippen LogP contribution >= 0.6 is 22.6 Å². The van der Waals surface area contributed by atoms with Crippen LogP contribution < -0.4 is 5.73 Å². The van der Waals surface area contributed by atoms with E-state index in [4.69, 9.17) is 10.5 Å². The minimum atomic E-state index is -0.107. The van der Waals surface area contributed by atoms with Crippen LogP contribution in [-0.4, -0.2) is 18.2 Å². The first kappa shape index (κ1) is 16.2. The quantitative estimate of drug-likeness (QED) is 0.771. The van der Waals surface area contributed by atoms with Crippen LogP contribution in [0.15, 0.2) is 24.3 Å². The van der Waals surface area contributed by atoms with E-state index in [0.717, 1.165) is 31.8 Å². The summed E-state index contributed by atoms with van der Waals surface area (Å²) in [6, 6.07) is 8.77. The van der Waals surface area contributed by atoms with Gasteiger partial charge in [0.25, 0.3) is 0 Å². The van der Waals surface area contributed by atoms with Crippen molar-refractivity contribution in [3.63, 3.8) is 0 Å². The molecule has 112 valence electrons. The zero-order valence-corrected chi connectivity index (χ0v) is 14.7. The molecule has 0 aromatic heterocycles. The summed E-state index contributed by atoms with van der Waals surface area (Å²) in [7, 11) is 0. The molecule has 0 amide bonds. The number of ether oxygens (including phenoxy) is 1. The molecule has 20 heavy (non-hydrogen) atoms. The summed E-state index contributed by atoms with van der Waals surface area (Å²) in [5.41, 5.74) is 7.77. The van der Waals surface area contributed by atoms with E-state index < -0.39 is 0 Å². The molecule has 2 nitrogen and oxygen atoms in total. The molecule has 1 saturated carbocycles. The molecule has 0 aliphatic heterocycles. The minimum Gasteiger partial charge on any atom is -0.374 e. The Balaban J connectivity index is 2.06. The van der Waals surface area contributed by atoms with Crippen molar-refractivity contribution in [1.82, 2.24) is 0 Å². The first-order valence-corrected chi connectivity index (χ1v) is 8.77. The van der Waals surface area contributed by atoms with E-state index >= 15 is 0 Å². The van der Waals surface area contributed by atoms with Gasteiger partial charge in [-0.1, -0.05) is 19.1 Å². The van der Waals surface area contributed by atoms with Gasteiger partial charge in [0.05, 0.1) is 5.60 Å². The molecule has 0 heterocycles. The Morgan fingerprint density at radius 2 is 1.90 bits per heavy atom. The lowest BCUT2D eigenvalue weighted by atomic mass is 9.74. The monoisotopic (exact) mass is 387 g/mol. The third-order valence-electron chi connectivity index (χ3n) is 4.60. The van der Waals surface area contributed by atoms with Crippen LogP contribution in [0.4, 0.5) is 0 Å². The van der Waals surface area contributed by atoms with Crippen molar-refractivity contribution >= 4 is 22.6 Å². The van der Waals surface area contributed by atoms with Crippen molar-refractivity contribution in [1.29, 1.82) is 0 Å². The summed E-state index contributed by atoms with van der Waals surface area (Å²) in [5.74, 6) is 0.814. The largest absolute Gasteiger partial charge is 0.374 e. The Morgan fingerprint density at radius 3 is 2.45 bits per heavy atom. The molecule has 1 atom stereocenters. The number of benzene rings is 1. The zero-order valence-electron chi connectivity index (χ0n) is 12.6. The third kappa shape index (κ3) is 3.95. The Morgan fingerprint density at radius 1 is 1.30 bits per heavy atom. The van der Waals surface area contributed by atoms with Gasteiger partial charge in [-0.15, -0.1) is 0 Å². The summed E-state index contributed by atoms with van der Waals surface area (Å²) in [6.07, 6.45) is 5.59. The van der Waals surface area contributed by atoms with E-state index in [-0.39, 0.29) is 11.6 Å². The van der Waals surface area contributed by atoms with Crippen LogP contribution in [0.3, 0.4) is 0 Å². The fourth-order valence-corrected chi connectivity index (χ4v) is 3.58. The van der Waals surface area contributed by atoms with Crippen molar-refractivity contribution in [2.24, 2.45) is 11.7 Å². The number of rotatable bonds is 5. The lowest BCUT2D eigenvalue weighted by Gasteiger charge is -2.43. The van der Waals surface area contributed by atoms with Crippen LogP contribution in [0.25, 0.3) is 0 Å². The van der Waals surface area contributed by atoms with Gasteiger partial charge in [-0.2, -0.15) is 0 Å². The highest BCUT2D eigenvalue weighted by atomic mass is 127. The molecule has 1 unspecified atom stereocenters. The second kappa shape index (κ2) is 7.23. The number of nitrogens with two attached hydrogens (primary N) is 1. The van der Waals surface area contributed by atoms with Gasteiger partial charge < -0.3 is 10.5 Å². The first-order valence-electron chi connectivity index (χ1n) is 7.70. The van der Waals surface area contributed by atoms with Crippen LogP contribution in [0.2, 0.25) is 0 Å². The highest BCUT2D eigenvalue weighted by Crippen LogP contribution is 2.37. The molecule has 3 heteroatoms. The van der Waals surface area contributed by atoms with Crippen LogP contribution in [0, 0.1) is 9.49 Å². The minimum absolute atomic E-state index is 0.0926. The van der Waals surface area contributed by atoms with Crippen LogP contribution in [-0.2, 0) is 11.2 Å². The topological polar surface area (TPSA) is 35.2 Å². The maximum absolute atomic E-state index is 6.56. The van der Waals surface area contributed by atoms with Gasteiger partial charge in [0, 0.05) is 16.2 Å². The van der Waals surface area contributed by atoms with E-state index in [2.05, 4.69) is 60.7 Å². The van der Waals surface area contributed by atoms with Gasteiger partial charge in [-0.05, 0) is 85.2 Å². The lowest BCUT2D eigenvalue weighted by Crippen LogP contribution is -2.53. The second-order valence-electron chi connectivity index (χ2n) is 6.12. The number of halogens is 1. The predicted molar refractivity (Wildman–Crippen MR) is 92.8 cm³/mol. The van der Waals surface area contributed by atoms with Gasteiger partial charge in [0.2, 0.25) is 0 Å². The maximum atomic E-state index is 6.56. The van der Waals surface area contributed by atoms with Crippen molar-refractivity contribution in [3.8, 4) is 0 Å². The normalized spacial score (nSPS) is 28.3. The van der Waals surface area contributed by atoms with Gasteiger partial charge in [0.1, 0.15) is 0 Å². The van der Waals surface area contributed by atoms with Crippen LogP contribution in [0.1, 0.15) is 45.1 Å². The SMILES string of the molecule is CCOC1(C(N)Cc2ccc(I)cc2)CCC(C)CC1. The molecule has 2 rings (SSSR count). The van der Waals surface area contributed by atoms with E-state index in [9.17, 15) is 0 Å². The molecule has 1 aromatic carbocycles. The molecule has 1 aromatic rings. The maximum Gasteiger partial charge on any atom is 0.0835 e. The molecule has 1 fully saturated rings. The molecule has 0 saturated heterocycles. The molecular formula is C17H26INO. The van der Waals surface area contributed by atoms with Crippen LogP contribution in [0.5, 0.6) is 0 Å². The van der Waals surface area contributed by atoms with E-state index in [0.29, 0.717) is 0 Å².